The van der Waals surface area contributed by atoms with Crippen LogP contribution in [0.1, 0.15) is 30.0 Å². The van der Waals surface area contributed by atoms with Crippen molar-refractivity contribution in [3.05, 3.63) is 29.3 Å². The number of rotatable bonds is 5. The summed E-state index contributed by atoms with van der Waals surface area (Å²) < 4.78 is 0. The maximum atomic E-state index is 5.86. The Hall–Kier alpha value is -1.10. The van der Waals surface area contributed by atoms with Crippen molar-refractivity contribution in [2.45, 2.75) is 25.3 Å². The Balaban J connectivity index is 1.39. The molecule has 2 aliphatic rings. The average Bonchev–Trinajstić information content (AvgIpc) is 2.87. The van der Waals surface area contributed by atoms with Gasteiger partial charge in [0, 0.05) is 37.9 Å². The molecule has 1 aromatic carbocycles. The molecule has 0 amide bonds. The van der Waals surface area contributed by atoms with Gasteiger partial charge in [-0.15, -0.1) is 0 Å². The lowest BCUT2D eigenvalue weighted by Crippen LogP contribution is -2.45. The van der Waals surface area contributed by atoms with Gasteiger partial charge >= 0.3 is 0 Å². The predicted molar refractivity (Wildman–Crippen MR) is 88.5 cm³/mol. The minimum absolute atomic E-state index is 0.535. The summed E-state index contributed by atoms with van der Waals surface area (Å²) in [6.45, 7) is 7.21. The zero-order valence-electron chi connectivity index (χ0n) is 13.1. The summed E-state index contributed by atoms with van der Waals surface area (Å²) >= 11 is 0. The molecule has 0 bridgehead atoms. The highest BCUT2D eigenvalue weighted by atomic mass is 15.2. The van der Waals surface area contributed by atoms with Gasteiger partial charge in [-0.05, 0) is 62.7 Å². The molecule has 0 saturated carbocycles. The minimum atomic E-state index is 0.535. The van der Waals surface area contributed by atoms with Crippen molar-refractivity contribution in [3.63, 3.8) is 0 Å². The van der Waals surface area contributed by atoms with Crippen LogP contribution in [0.2, 0.25) is 0 Å². The third-order valence-corrected chi connectivity index (χ3v) is 4.88. The second kappa shape index (κ2) is 6.77. The largest absolute Gasteiger partial charge is 0.399 e. The van der Waals surface area contributed by atoms with Crippen LogP contribution in [-0.2, 0) is 6.42 Å². The van der Waals surface area contributed by atoms with Gasteiger partial charge in [-0.1, -0.05) is 6.07 Å². The van der Waals surface area contributed by atoms with E-state index in [0.717, 1.165) is 18.7 Å². The first-order valence-electron chi connectivity index (χ1n) is 8.25. The normalized spacial score (nSPS) is 23.4. The molecule has 21 heavy (non-hydrogen) atoms. The van der Waals surface area contributed by atoms with Crippen molar-refractivity contribution in [2.75, 3.05) is 52.0 Å². The summed E-state index contributed by atoms with van der Waals surface area (Å²) in [5.41, 5.74) is 9.65. The number of hydrogen-bond donors (Lipinski definition) is 2. The van der Waals surface area contributed by atoms with E-state index in [0.29, 0.717) is 6.04 Å². The molecular weight excluding hydrogens is 260 g/mol. The van der Waals surface area contributed by atoms with Gasteiger partial charge in [0.1, 0.15) is 0 Å². The molecule has 1 unspecified atom stereocenters. The van der Waals surface area contributed by atoms with E-state index < -0.39 is 0 Å². The fourth-order valence-electron chi connectivity index (χ4n) is 3.50. The van der Waals surface area contributed by atoms with Gasteiger partial charge in [0.05, 0.1) is 0 Å². The third kappa shape index (κ3) is 3.76. The number of nitrogens with one attached hydrogen (secondary N) is 1. The number of anilines is 1. The van der Waals surface area contributed by atoms with E-state index in [1.807, 2.05) is 6.07 Å². The molecule has 116 valence electrons. The average molecular weight is 288 g/mol. The molecule has 4 heteroatoms. The lowest BCUT2D eigenvalue weighted by molar-refractivity contribution is 0.152. The van der Waals surface area contributed by atoms with Crippen LogP contribution < -0.4 is 11.1 Å². The van der Waals surface area contributed by atoms with Crippen molar-refractivity contribution in [2.24, 2.45) is 0 Å². The zero-order valence-corrected chi connectivity index (χ0v) is 13.1. The fraction of sp³-hybridized carbons (Fsp3) is 0.647. The Labute approximate surface area is 128 Å². The first-order valence-corrected chi connectivity index (χ1v) is 8.25. The van der Waals surface area contributed by atoms with Gasteiger partial charge in [-0.3, -0.25) is 0 Å². The lowest BCUT2D eigenvalue weighted by atomic mass is 10.1. The number of hydrogen-bond acceptors (Lipinski definition) is 4. The summed E-state index contributed by atoms with van der Waals surface area (Å²) in [7, 11) is 2.21. The molecule has 3 N–H and O–H groups in total. The molecule has 3 rings (SSSR count). The lowest BCUT2D eigenvalue weighted by Gasteiger charge is -2.32. The van der Waals surface area contributed by atoms with Gasteiger partial charge < -0.3 is 20.9 Å². The van der Waals surface area contributed by atoms with Gasteiger partial charge in [-0.2, -0.15) is 0 Å². The first-order chi connectivity index (χ1) is 10.2. The van der Waals surface area contributed by atoms with Gasteiger partial charge in [0.15, 0.2) is 0 Å². The monoisotopic (exact) mass is 288 g/mol. The summed E-state index contributed by atoms with van der Waals surface area (Å²) in [5.74, 6) is 0. The maximum absolute atomic E-state index is 5.86. The SMILES string of the molecule is CN1CCN(CCCNC2CCc3cc(N)ccc32)CC1. The van der Waals surface area contributed by atoms with Crippen LogP contribution in [0.4, 0.5) is 5.69 Å². The number of nitrogen functional groups attached to an aromatic ring is 1. The van der Waals surface area contributed by atoms with Crippen LogP contribution in [-0.4, -0.2) is 56.1 Å². The van der Waals surface area contributed by atoms with Gasteiger partial charge in [0.25, 0.3) is 0 Å². The zero-order chi connectivity index (χ0) is 14.7. The summed E-state index contributed by atoms with van der Waals surface area (Å²) in [6.07, 6.45) is 3.62. The Kier molecular flexibility index (Phi) is 4.78. The summed E-state index contributed by atoms with van der Waals surface area (Å²) in [6, 6.07) is 6.91. The van der Waals surface area contributed by atoms with Crippen LogP contribution in [0.5, 0.6) is 0 Å². The van der Waals surface area contributed by atoms with E-state index in [1.54, 1.807) is 0 Å². The molecule has 1 atom stereocenters. The molecule has 1 aliphatic heterocycles. The van der Waals surface area contributed by atoms with Crippen LogP contribution in [0.3, 0.4) is 0 Å². The third-order valence-electron chi connectivity index (χ3n) is 4.88. The number of benzene rings is 1. The highest BCUT2D eigenvalue weighted by Gasteiger charge is 2.21. The number of nitrogens with two attached hydrogens (primary N) is 1. The van der Waals surface area contributed by atoms with E-state index in [-0.39, 0.29) is 0 Å². The number of aryl methyl sites for hydroxylation is 1. The molecule has 1 saturated heterocycles. The van der Waals surface area contributed by atoms with Crippen LogP contribution in [0.15, 0.2) is 18.2 Å². The molecule has 1 fully saturated rings. The van der Waals surface area contributed by atoms with Crippen molar-refractivity contribution in [1.82, 2.24) is 15.1 Å². The topological polar surface area (TPSA) is 44.5 Å². The highest BCUT2D eigenvalue weighted by molar-refractivity contribution is 5.47. The maximum Gasteiger partial charge on any atom is 0.0326 e. The summed E-state index contributed by atoms with van der Waals surface area (Å²) in [4.78, 5) is 5.00. The molecule has 0 spiro atoms. The number of likely N-dealkylation sites (N-methyl/N-ethyl adjacent to an activating group) is 1. The molecule has 1 heterocycles. The van der Waals surface area contributed by atoms with Crippen molar-refractivity contribution in [3.8, 4) is 0 Å². The van der Waals surface area contributed by atoms with Crippen molar-refractivity contribution >= 4 is 5.69 Å². The second-order valence-electron chi connectivity index (χ2n) is 6.50. The number of fused-ring (bicyclic) bond motifs is 1. The fourth-order valence-corrected chi connectivity index (χ4v) is 3.50. The quantitative estimate of drug-likeness (QED) is 0.636. The Bertz CT molecular complexity index is 466. The van der Waals surface area contributed by atoms with Crippen LogP contribution >= 0.6 is 0 Å². The molecule has 0 radical (unpaired) electrons. The second-order valence-corrected chi connectivity index (χ2v) is 6.50. The predicted octanol–water partition coefficient (Wildman–Crippen LogP) is 1.48. The summed E-state index contributed by atoms with van der Waals surface area (Å²) in [5, 5.41) is 3.73. The van der Waals surface area contributed by atoms with E-state index in [4.69, 9.17) is 5.73 Å². The smallest absolute Gasteiger partial charge is 0.0326 e. The Morgan fingerprint density at radius 2 is 2.05 bits per heavy atom. The van der Waals surface area contributed by atoms with E-state index in [9.17, 15) is 0 Å². The van der Waals surface area contributed by atoms with E-state index in [1.165, 1.54) is 56.7 Å². The standard InChI is InChI=1S/C17H28N4/c1-20-9-11-21(12-10-20)8-2-7-19-17-6-3-14-13-15(18)4-5-16(14)17/h4-5,13,17,19H,2-3,6-12,18H2,1H3. The molecule has 1 aromatic rings. The highest BCUT2D eigenvalue weighted by Crippen LogP contribution is 2.32. The minimum Gasteiger partial charge on any atom is -0.399 e. The number of piperazine rings is 1. The van der Waals surface area contributed by atoms with Gasteiger partial charge in [0.2, 0.25) is 0 Å². The Morgan fingerprint density at radius 1 is 1.24 bits per heavy atom. The Morgan fingerprint density at radius 3 is 2.86 bits per heavy atom. The van der Waals surface area contributed by atoms with Crippen molar-refractivity contribution in [1.29, 1.82) is 0 Å². The van der Waals surface area contributed by atoms with Crippen molar-refractivity contribution < 1.29 is 0 Å². The van der Waals surface area contributed by atoms with Crippen LogP contribution in [0, 0.1) is 0 Å². The molecule has 0 aromatic heterocycles. The molecule has 4 nitrogen and oxygen atoms in total. The molecular formula is C17H28N4. The first kappa shape index (κ1) is 14.8. The molecule has 1 aliphatic carbocycles. The number of nitrogens with zero attached hydrogens (tertiary/aromatic N) is 2. The van der Waals surface area contributed by atoms with E-state index >= 15 is 0 Å². The van der Waals surface area contributed by atoms with E-state index in [2.05, 4.69) is 34.3 Å². The van der Waals surface area contributed by atoms with Gasteiger partial charge in [-0.25, -0.2) is 0 Å². The van der Waals surface area contributed by atoms with Crippen LogP contribution in [0.25, 0.3) is 0 Å².